The third-order valence-corrected chi connectivity index (χ3v) is 8.31. The minimum atomic E-state index is -4.97. The zero-order valence-corrected chi connectivity index (χ0v) is 23.6. The molecule has 4 heterocycles. The Morgan fingerprint density at radius 1 is 1.35 bits per heavy atom. The third-order valence-electron chi connectivity index (χ3n) is 6.69. The van der Waals surface area contributed by atoms with Crippen molar-refractivity contribution in [2.24, 2.45) is 5.16 Å². The Bertz CT molecular complexity index is 1450. The number of hydrogen-bond donors (Lipinski definition) is 4. The first kappa shape index (κ1) is 29.3. The average Bonchev–Trinajstić information content (AvgIpc) is 3.58. The average molecular weight is 601 g/mol. The molecule has 2 aromatic heterocycles. The Hall–Kier alpha value is -3.68. The lowest BCUT2D eigenvalue weighted by Crippen LogP contribution is -2.73. The summed E-state index contributed by atoms with van der Waals surface area (Å²) in [5.74, 6) is -3.49. The number of likely N-dealkylation sites (tertiary alicyclic amines) is 1. The maximum atomic E-state index is 13.2. The lowest BCUT2D eigenvalue weighted by Gasteiger charge is -2.43. The second-order valence-electron chi connectivity index (χ2n) is 10.4. The van der Waals surface area contributed by atoms with Crippen molar-refractivity contribution >= 4 is 50.3 Å². The number of carboxylic acid groups (broad SMARTS) is 1. The summed E-state index contributed by atoms with van der Waals surface area (Å²) in [4.78, 5) is 47.6. The van der Waals surface area contributed by atoms with Crippen molar-refractivity contribution in [1.29, 1.82) is 0 Å². The monoisotopic (exact) mass is 600 g/mol. The van der Waals surface area contributed by atoms with Gasteiger partial charge in [0.15, 0.2) is 10.8 Å². The summed E-state index contributed by atoms with van der Waals surface area (Å²) in [6.07, 6.45) is 3.76. The van der Waals surface area contributed by atoms with E-state index in [2.05, 4.69) is 32.7 Å². The smallest absolute Gasteiger partial charge is 0.362 e. The molecule has 0 bridgehead atoms. The van der Waals surface area contributed by atoms with Gasteiger partial charge in [-0.25, -0.2) is 14.1 Å². The molecule has 2 aromatic rings. The van der Waals surface area contributed by atoms with Crippen LogP contribution in [-0.2, 0) is 42.6 Å². The Kier molecular flexibility index (Phi) is 7.85. The van der Waals surface area contributed by atoms with Gasteiger partial charge in [-0.05, 0) is 13.8 Å². The van der Waals surface area contributed by atoms with Gasteiger partial charge in [0, 0.05) is 18.2 Å². The zero-order chi connectivity index (χ0) is 29.5. The van der Waals surface area contributed by atoms with Crippen LogP contribution in [0.2, 0.25) is 0 Å². The number of amides is 2. The van der Waals surface area contributed by atoms with Gasteiger partial charge in [0.1, 0.15) is 30.0 Å². The van der Waals surface area contributed by atoms with Gasteiger partial charge < -0.3 is 25.5 Å². The van der Waals surface area contributed by atoms with Gasteiger partial charge in [0.25, 0.3) is 11.8 Å². The highest BCUT2D eigenvalue weighted by Gasteiger charge is 2.54. The van der Waals surface area contributed by atoms with Crippen molar-refractivity contribution in [2.45, 2.75) is 57.5 Å². The Morgan fingerprint density at radius 3 is 2.60 bits per heavy atom. The number of β-lactam (4-membered cyclic amide) rings is 1. The summed E-state index contributed by atoms with van der Waals surface area (Å²) in [6.45, 7) is 4.76. The quantitative estimate of drug-likeness (QED) is 0.0786. The molecule has 1 unspecified atom stereocenters. The van der Waals surface area contributed by atoms with Gasteiger partial charge in [0.05, 0.1) is 32.9 Å². The number of oxime groups is 1. The van der Waals surface area contributed by atoms with Crippen LogP contribution >= 0.6 is 11.3 Å². The lowest BCUT2D eigenvalue weighted by molar-refractivity contribution is -0.911. The molecule has 17 nitrogen and oxygen atoms in total. The number of aromatic nitrogens is 4. The van der Waals surface area contributed by atoms with Crippen LogP contribution < -0.4 is 11.1 Å². The van der Waals surface area contributed by atoms with Crippen LogP contribution in [0.1, 0.15) is 38.1 Å². The summed E-state index contributed by atoms with van der Waals surface area (Å²) in [6, 6.07) is -2.71. The minimum Gasteiger partial charge on any atom is -0.478 e. The zero-order valence-electron chi connectivity index (χ0n) is 21.9. The van der Waals surface area contributed by atoms with Gasteiger partial charge in [0.2, 0.25) is 5.60 Å². The van der Waals surface area contributed by atoms with Gasteiger partial charge in [-0.3, -0.25) is 14.1 Å². The molecule has 2 saturated heterocycles. The summed E-state index contributed by atoms with van der Waals surface area (Å²) < 4.78 is 34.6. The molecule has 2 amide bonds. The molecule has 2 fully saturated rings. The highest BCUT2D eigenvalue weighted by Crippen LogP contribution is 2.26. The molecule has 4 rings (SSSR count). The number of carboxylic acids is 1. The van der Waals surface area contributed by atoms with E-state index in [1.807, 2.05) is 0 Å². The van der Waals surface area contributed by atoms with Gasteiger partial charge in [-0.1, -0.05) is 5.16 Å². The molecule has 218 valence electrons. The van der Waals surface area contributed by atoms with Crippen LogP contribution in [0.3, 0.4) is 0 Å². The van der Waals surface area contributed by atoms with Crippen LogP contribution in [-0.4, -0.2) is 108 Å². The molecule has 0 aliphatic carbocycles. The van der Waals surface area contributed by atoms with E-state index >= 15 is 0 Å². The molecule has 0 aromatic carbocycles. The Morgan fingerprint density at radius 2 is 2.02 bits per heavy atom. The molecule has 40 heavy (non-hydrogen) atoms. The predicted octanol–water partition coefficient (Wildman–Crippen LogP) is -1.16. The molecule has 2 aliphatic heterocycles. The number of carbonyl (C=O) groups excluding carboxylic acids is 2. The van der Waals surface area contributed by atoms with E-state index in [4.69, 9.17) is 10.6 Å². The number of quaternary nitrogens is 1. The highest BCUT2D eigenvalue weighted by molar-refractivity contribution is 7.84. The molecular formula is C21H30N9O8S2+. The van der Waals surface area contributed by atoms with Crippen LogP contribution in [0, 0.1) is 0 Å². The molecule has 0 saturated carbocycles. The number of thiazole rings is 1. The number of aliphatic carboxylic acids is 1. The fraction of sp³-hybridized carbons (Fsp3) is 0.571. The van der Waals surface area contributed by atoms with Crippen molar-refractivity contribution in [1.82, 2.24) is 29.6 Å². The molecule has 2 aliphatic rings. The van der Waals surface area contributed by atoms with E-state index in [0.717, 1.165) is 41.8 Å². The summed E-state index contributed by atoms with van der Waals surface area (Å²) in [7, 11) is -2.86. The summed E-state index contributed by atoms with van der Waals surface area (Å²) in [5, 5.41) is 25.3. The summed E-state index contributed by atoms with van der Waals surface area (Å²) in [5.41, 5.74) is 3.95. The minimum absolute atomic E-state index is 0.0620. The lowest BCUT2D eigenvalue weighted by atomic mass is 9.98. The van der Waals surface area contributed by atoms with E-state index in [0.29, 0.717) is 12.2 Å². The number of rotatable bonds is 11. The normalized spacial score (nSPS) is 21.2. The topological polar surface area (TPSA) is 232 Å². The molecule has 19 heteroatoms. The van der Waals surface area contributed by atoms with Crippen LogP contribution in [0.15, 0.2) is 16.7 Å². The molecule has 2 atom stereocenters. The Labute approximate surface area is 233 Å². The fourth-order valence-corrected chi connectivity index (χ4v) is 5.88. The maximum Gasteiger partial charge on any atom is 0.362 e. The number of nitrogens with two attached hydrogens (primary N) is 1. The highest BCUT2D eigenvalue weighted by atomic mass is 32.2. The SMILES string of the molecule is CC(C)(ON=C(C(=O)N[C@@H]1C(=O)N(S(=O)(=O)O)C1Cn1ncc(C[N+]2(C)CCCC2)n1)c1csc(N)n1)C(=O)O. The van der Waals surface area contributed by atoms with Gasteiger partial charge in [-0.15, -0.1) is 11.3 Å². The number of anilines is 1. The number of nitrogen functional groups attached to an aromatic ring is 1. The second kappa shape index (κ2) is 10.7. The standard InChI is InChI=1S/C21H29N9O8S2/c1-21(2,19(33)34)38-27-15(13-11-39-20(22)24-13)17(31)25-16-14(29(18(16)32)40(35,36)37)9-28-23-8-12(26-28)10-30(3)6-4-5-7-30/h8,11,14,16H,4-7,9-10H2,1-3H3,(H4-,22,24,25,31,33,34,35,36,37)/p+1/t14?,16-/m0/s1. The first-order chi connectivity index (χ1) is 18.6. The van der Waals surface area contributed by atoms with Crippen molar-refractivity contribution in [3.8, 4) is 0 Å². The van der Waals surface area contributed by atoms with Crippen molar-refractivity contribution in [3.05, 3.63) is 23.0 Å². The molecular weight excluding hydrogens is 570 g/mol. The van der Waals surface area contributed by atoms with Crippen LogP contribution in [0.25, 0.3) is 0 Å². The molecule has 5 N–H and O–H groups in total. The van der Waals surface area contributed by atoms with Gasteiger partial charge in [-0.2, -0.15) is 23.4 Å². The van der Waals surface area contributed by atoms with Crippen molar-refractivity contribution < 1.29 is 41.8 Å². The number of nitrogens with one attached hydrogen (secondary N) is 1. The van der Waals surface area contributed by atoms with E-state index in [1.54, 1.807) is 6.20 Å². The predicted molar refractivity (Wildman–Crippen MR) is 139 cm³/mol. The number of hydrogen-bond acceptors (Lipinski definition) is 12. The molecule has 0 radical (unpaired) electrons. The Balaban J connectivity index is 1.55. The van der Waals surface area contributed by atoms with Crippen molar-refractivity contribution in [3.63, 3.8) is 0 Å². The first-order valence-corrected chi connectivity index (χ1v) is 14.4. The van der Waals surface area contributed by atoms with E-state index < -0.39 is 51.5 Å². The largest absolute Gasteiger partial charge is 0.478 e. The number of nitrogens with zero attached hydrogens (tertiary/aromatic N) is 7. The second-order valence-corrected chi connectivity index (χ2v) is 12.5. The van der Waals surface area contributed by atoms with Crippen LogP contribution in [0.5, 0.6) is 0 Å². The molecule has 0 spiro atoms. The van der Waals surface area contributed by atoms with Gasteiger partial charge >= 0.3 is 16.3 Å². The van der Waals surface area contributed by atoms with E-state index in [-0.39, 0.29) is 21.7 Å². The first-order valence-electron chi connectivity index (χ1n) is 12.1. The third kappa shape index (κ3) is 6.21. The summed E-state index contributed by atoms with van der Waals surface area (Å²) >= 11 is 0.973. The fourth-order valence-electron chi connectivity index (χ4n) is 4.46. The van der Waals surface area contributed by atoms with Crippen molar-refractivity contribution in [2.75, 3.05) is 25.9 Å². The van der Waals surface area contributed by atoms with E-state index in [1.165, 1.54) is 24.0 Å². The maximum absolute atomic E-state index is 13.2. The van der Waals surface area contributed by atoms with E-state index in [9.17, 15) is 32.5 Å². The van der Waals surface area contributed by atoms with Crippen LogP contribution in [0.4, 0.5) is 5.13 Å². The number of carbonyl (C=O) groups is 3.